The molecule has 2 aromatic heterocycles. The van der Waals surface area contributed by atoms with Gasteiger partial charge in [-0.25, -0.2) is 0 Å². The Kier molecular flexibility index (Phi) is 5.43. The number of carbonyl (C=O) groups excluding carboxylic acids is 1. The third-order valence-corrected chi connectivity index (χ3v) is 4.86. The molecule has 2 rings (SSSR count). The Labute approximate surface area is 129 Å². The van der Waals surface area contributed by atoms with Crippen molar-refractivity contribution in [3.05, 3.63) is 49.5 Å². The summed E-state index contributed by atoms with van der Waals surface area (Å²) < 4.78 is 4.71. The molecule has 0 aliphatic heterocycles. The first-order chi connectivity index (χ1) is 10.1. The van der Waals surface area contributed by atoms with Crippen molar-refractivity contribution in [3.63, 3.8) is 0 Å². The van der Waals surface area contributed by atoms with Crippen LogP contribution in [-0.4, -0.2) is 18.0 Å². The van der Waals surface area contributed by atoms with E-state index < -0.39 is 4.92 Å². The topological polar surface area (TPSA) is 81.5 Å². The summed E-state index contributed by atoms with van der Waals surface area (Å²) >= 11 is 2.68. The fraction of sp³-hybridized carbons (Fsp3) is 0.308. The summed E-state index contributed by atoms with van der Waals surface area (Å²) in [6.07, 6.45) is 0.227. The van der Waals surface area contributed by atoms with Crippen molar-refractivity contribution in [2.24, 2.45) is 0 Å². The number of ether oxygens (including phenoxy) is 1. The van der Waals surface area contributed by atoms with Crippen LogP contribution in [0.3, 0.4) is 0 Å². The summed E-state index contributed by atoms with van der Waals surface area (Å²) in [4.78, 5) is 23.6. The maximum atomic E-state index is 11.5. The molecule has 0 radical (unpaired) electrons. The minimum atomic E-state index is -0.403. The number of hydrogen-bond acceptors (Lipinski definition) is 7. The molecule has 0 bridgehead atoms. The van der Waals surface area contributed by atoms with Crippen molar-refractivity contribution in [2.75, 3.05) is 7.11 Å². The average molecular weight is 326 g/mol. The van der Waals surface area contributed by atoms with Gasteiger partial charge >= 0.3 is 11.0 Å². The summed E-state index contributed by atoms with van der Waals surface area (Å²) in [7, 11) is 1.36. The minimum Gasteiger partial charge on any atom is -0.469 e. The summed E-state index contributed by atoms with van der Waals surface area (Å²) in [6, 6.07) is 6.92. The quantitative estimate of drug-likeness (QED) is 0.480. The summed E-state index contributed by atoms with van der Waals surface area (Å²) in [5.74, 6) is -0.293. The highest BCUT2D eigenvalue weighted by Gasteiger charge is 2.18. The Bertz CT molecular complexity index is 609. The van der Waals surface area contributed by atoms with Crippen LogP contribution < -0.4 is 5.32 Å². The van der Waals surface area contributed by atoms with E-state index in [1.807, 2.05) is 17.5 Å². The number of esters is 1. The lowest BCUT2D eigenvalue weighted by Crippen LogP contribution is -2.23. The van der Waals surface area contributed by atoms with Gasteiger partial charge in [0.15, 0.2) is 0 Å². The molecule has 2 heterocycles. The van der Waals surface area contributed by atoms with Crippen molar-refractivity contribution in [3.8, 4) is 0 Å². The molecule has 0 saturated heterocycles. The smallest absolute Gasteiger partial charge is 0.324 e. The van der Waals surface area contributed by atoms with Gasteiger partial charge in [-0.1, -0.05) is 17.4 Å². The van der Waals surface area contributed by atoms with Gasteiger partial charge in [0, 0.05) is 22.4 Å². The fourth-order valence-corrected chi connectivity index (χ4v) is 3.37. The molecule has 0 spiro atoms. The van der Waals surface area contributed by atoms with Gasteiger partial charge in [-0.2, -0.15) is 0 Å². The first-order valence-corrected chi connectivity index (χ1v) is 7.86. The van der Waals surface area contributed by atoms with Crippen LogP contribution in [0.15, 0.2) is 29.6 Å². The average Bonchev–Trinajstić information content (AvgIpc) is 3.14. The van der Waals surface area contributed by atoms with Crippen LogP contribution >= 0.6 is 22.7 Å². The fourth-order valence-electron chi connectivity index (χ4n) is 1.80. The lowest BCUT2D eigenvalue weighted by molar-refractivity contribution is -0.380. The lowest BCUT2D eigenvalue weighted by atomic mass is 10.1. The summed E-state index contributed by atoms with van der Waals surface area (Å²) in [6.45, 7) is 0.470. The van der Waals surface area contributed by atoms with Crippen molar-refractivity contribution in [1.82, 2.24) is 5.32 Å². The van der Waals surface area contributed by atoms with Crippen LogP contribution in [0.4, 0.5) is 5.00 Å². The first-order valence-electron chi connectivity index (χ1n) is 6.17. The number of nitrogens with one attached hydrogen (secondary N) is 1. The standard InChI is InChI=1S/C13H14N2O4S2/c1-19-13(16)7-10(11-3-2-6-20-11)14-8-9-4-5-12(21-9)15(17)18/h2-6,10,14H,7-8H2,1H3. The van der Waals surface area contributed by atoms with Gasteiger partial charge in [-0.3, -0.25) is 14.9 Å². The molecular weight excluding hydrogens is 312 g/mol. The largest absolute Gasteiger partial charge is 0.469 e. The third kappa shape index (κ3) is 4.35. The Morgan fingerprint density at radius 1 is 1.48 bits per heavy atom. The Morgan fingerprint density at radius 2 is 2.29 bits per heavy atom. The normalized spacial score (nSPS) is 12.0. The van der Waals surface area contributed by atoms with Gasteiger partial charge in [0.05, 0.1) is 24.5 Å². The van der Waals surface area contributed by atoms with E-state index in [0.29, 0.717) is 6.54 Å². The molecule has 0 aromatic carbocycles. The first kappa shape index (κ1) is 15.6. The van der Waals surface area contributed by atoms with Crippen LogP contribution in [0.25, 0.3) is 0 Å². The van der Waals surface area contributed by atoms with Crippen LogP contribution in [0.5, 0.6) is 0 Å². The molecule has 0 fully saturated rings. The molecule has 8 heteroatoms. The van der Waals surface area contributed by atoms with E-state index >= 15 is 0 Å². The van der Waals surface area contributed by atoms with Gasteiger partial charge in [0.1, 0.15) is 0 Å². The Balaban J connectivity index is 2.01. The Morgan fingerprint density at radius 3 is 2.86 bits per heavy atom. The molecule has 1 unspecified atom stereocenters. The van der Waals surface area contributed by atoms with E-state index in [9.17, 15) is 14.9 Å². The molecule has 0 aliphatic carbocycles. The van der Waals surface area contributed by atoms with E-state index in [0.717, 1.165) is 21.1 Å². The molecule has 21 heavy (non-hydrogen) atoms. The van der Waals surface area contributed by atoms with Crippen LogP contribution in [-0.2, 0) is 16.1 Å². The monoisotopic (exact) mass is 326 g/mol. The molecule has 0 saturated carbocycles. The van der Waals surface area contributed by atoms with Gasteiger partial charge in [-0.15, -0.1) is 11.3 Å². The highest BCUT2D eigenvalue weighted by atomic mass is 32.1. The second kappa shape index (κ2) is 7.30. The van der Waals surface area contributed by atoms with Gasteiger partial charge in [0.25, 0.3) is 0 Å². The highest BCUT2D eigenvalue weighted by Crippen LogP contribution is 2.26. The van der Waals surface area contributed by atoms with Crippen molar-refractivity contribution >= 4 is 33.6 Å². The van der Waals surface area contributed by atoms with E-state index in [4.69, 9.17) is 4.74 Å². The lowest BCUT2D eigenvalue weighted by Gasteiger charge is -2.15. The maximum absolute atomic E-state index is 11.5. The SMILES string of the molecule is COC(=O)CC(NCc1ccc([N+](=O)[O-])s1)c1cccs1. The zero-order valence-corrected chi connectivity index (χ0v) is 12.9. The van der Waals surface area contributed by atoms with Crippen molar-refractivity contribution in [1.29, 1.82) is 0 Å². The summed E-state index contributed by atoms with van der Waals surface area (Å²) in [5, 5.41) is 16.0. The van der Waals surface area contributed by atoms with Gasteiger partial charge in [0.2, 0.25) is 0 Å². The number of hydrogen-bond donors (Lipinski definition) is 1. The molecule has 0 aliphatic rings. The second-order valence-corrected chi connectivity index (χ2v) is 6.35. The number of rotatable bonds is 7. The van der Waals surface area contributed by atoms with E-state index in [1.54, 1.807) is 17.4 Å². The zero-order chi connectivity index (χ0) is 15.2. The molecular formula is C13H14N2O4S2. The maximum Gasteiger partial charge on any atom is 0.324 e. The number of nitrogens with zero attached hydrogens (tertiary/aromatic N) is 1. The highest BCUT2D eigenvalue weighted by molar-refractivity contribution is 7.15. The molecule has 6 nitrogen and oxygen atoms in total. The number of carbonyl (C=O) groups is 1. The summed E-state index contributed by atoms with van der Waals surface area (Å²) in [5.41, 5.74) is 0. The van der Waals surface area contributed by atoms with Crippen LogP contribution in [0.1, 0.15) is 22.2 Å². The van der Waals surface area contributed by atoms with E-state index in [1.165, 1.54) is 13.2 Å². The number of nitro groups is 1. The molecule has 1 atom stereocenters. The molecule has 1 N–H and O–H groups in total. The van der Waals surface area contributed by atoms with E-state index in [2.05, 4.69) is 5.32 Å². The molecule has 0 amide bonds. The van der Waals surface area contributed by atoms with Gasteiger partial charge in [-0.05, 0) is 17.5 Å². The number of thiophene rings is 2. The van der Waals surface area contributed by atoms with Gasteiger partial charge < -0.3 is 10.1 Å². The van der Waals surface area contributed by atoms with Crippen LogP contribution in [0.2, 0.25) is 0 Å². The predicted molar refractivity (Wildman–Crippen MR) is 81.5 cm³/mol. The molecule has 112 valence electrons. The Hall–Kier alpha value is -1.77. The minimum absolute atomic E-state index is 0.118. The van der Waals surface area contributed by atoms with Crippen molar-refractivity contribution in [2.45, 2.75) is 19.0 Å². The molecule has 2 aromatic rings. The van der Waals surface area contributed by atoms with E-state index in [-0.39, 0.29) is 23.4 Å². The predicted octanol–water partition coefficient (Wildman–Crippen LogP) is 3.11. The zero-order valence-electron chi connectivity index (χ0n) is 11.3. The number of methoxy groups -OCH3 is 1. The van der Waals surface area contributed by atoms with Crippen molar-refractivity contribution < 1.29 is 14.5 Å². The third-order valence-electron chi connectivity index (χ3n) is 2.84. The van der Waals surface area contributed by atoms with Crippen LogP contribution in [0, 0.1) is 10.1 Å². The second-order valence-electron chi connectivity index (χ2n) is 4.23.